The second-order valence-corrected chi connectivity index (χ2v) is 14.0. The number of quaternary nitrogens is 3. The van der Waals surface area contributed by atoms with Crippen LogP contribution in [0.5, 0.6) is 5.75 Å². The van der Waals surface area contributed by atoms with Crippen LogP contribution in [0.15, 0.2) is 17.0 Å². The number of nitrogens with zero attached hydrogens (tertiary/aromatic N) is 3. The molecule has 1 saturated heterocycles. The van der Waals surface area contributed by atoms with Crippen molar-refractivity contribution in [3.05, 3.63) is 17.7 Å². The summed E-state index contributed by atoms with van der Waals surface area (Å²) in [6.07, 6.45) is 1.05. The van der Waals surface area contributed by atoms with Gasteiger partial charge in [-0.2, -0.15) is 0 Å². The Morgan fingerprint density at radius 2 is 1.76 bits per heavy atom. The van der Waals surface area contributed by atoms with Gasteiger partial charge in [0.15, 0.2) is 15.5 Å². The lowest BCUT2D eigenvalue weighted by Gasteiger charge is -2.46. The molecule has 1 aliphatic rings. The first-order valence-corrected chi connectivity index (χ1v) is 13.5. The van der Waals surface area contributed by atoms with Gasteiger partial charge in [-0.3, -0.25) is 8.97 Å². The highest BCUT2D eigenvalue weighted by Crippen LogP contribution is 2.41. The normalized spacial score (nSPS) is 26.5. The number of rotatable bonds is 8. The van der Waals surface area contributed by atoms with Crippen LogP contribution < -0.4 is 9.22 Å². The topological polar surface area (TPSA) is 60.4 Å². The molecule has 3 atom stereocenters. The van der Waals surface area contributed by atoms with E-state index in [0.717, 1.165) is 24.0 Å². The van der Waals surface area contributed by atoms with E-state index in [0.29, 0.717) is 33.9 Å². The SMILES string of the molecule is CC[N+]1(C)CC(C)CC1(C)C[N+](C)(C)C(=O)c1cc(S(=O)(=O)CC)c([N+](C)(C)C)cc1OC. The van der Waals surface area contributed by atoms with Crippen LogP contribution in [0.4, 0.5) is 5.69 Å². The van der Waals surface area contributed by atoms with E-state index in [9.17, 15) is 13.2 Å². The average molecular weight is 485 g/mol. The fraction of sp³-hybridized carbons (Fsp3) is 0.720. The van der Waals surface area contributed by atoms with Crippen LogP contribution in [0.3, 0.4) is 0 Å². The molecular weight excluding hydrogens is 438 g/mol. The van der Waals surface area contributed by atoms with Gasteiger partial charge in [0.2, 0.25) is 0 Å². The Bertz CT molecular complexity index is 1010. The Balaban J connectivity index is 2.63. The molecule has 3 unspecified atom stereocenters. The zero-order valence-corrected chi connectivity index (χ0v) is 23.5. The van der Waals surface area contributed by atoms with E-state index < -0.39 is 9.84 Å². The molecule has 8 heteroatoms. The molecule has 1 aliphatic heterocycles. The van der Waals surface area contributed by atoms with Crippen LogP contribution in [0.25, 0.3) is 0 Å². The van der Waals surface area contributed by atoms with E-state index in [1.54, 1.807) is 19.1 Å². The number of methoxy groups -OCH3 is 1. The highest BCUT2D eigenvalue weighted by atomic mass is 32.2. The molecule has 33 heavy (non-hydrogen) atoms. The van der Waals surface area contributed by atoms with Gasteiger partial charge in [0.05, 0.1) is 68.2 Å². The number of sulfone groups is 1. The third-order valence-corrected chi connectivity index (χ3v) is 9.50. The van der Waals surface area contributed by atoms with Crippen molar-refractivity contribution in [3.8, 4) is 5.75 Å². The maximum Gasteiger partial charge on any atom is 0.349 e. The van der Waals surface area contributed by atoms with E-state index in [2.05, 4.69) is 27.8 Å². The van der Waals surface area contributed by atoms with Crippen molar-refractivity contribution in [2.75, 3.05) is 74.8 Å². The van der Waals surface area contributed by atoms with Crippen LogP contribution in [-0.2, 0) is 9.84 Å². The molecule has 0 radical (unpaired) electrons. The molecule has 7 nitrogen and oxygen atoms in total. The van der Waals surface area contributed by atoms with E-state index >= 15 is 0 Å². The highest BCUT2D eigenvalue weighted by Gasteiger charge is 2.55. The van der Waals surface area contributed by atoms with Crippen LogP contribution in [0.1, 0.15) is 44.5 Å². The molecule has 1 aromatic carbocycles. The molecule has 1 heterocycles. The minimum Gasteiger partial charge on any atom is -0.496 e. The predicted octanol–water partition coefficient (Wildman–Crippen LogP) is 3.17. The van der Waals surface area contributed by atoms with Crippen molar-refractivity contribution in [1.82, 2.24) is 4.48 Å². The fourth-order valence-electron chi connectivity index (χ4n) is 5.75. The fourth-order valence-corrected chi connectivity index (χ4v) is 7.01. The Hall–Kier alpha value is -1.48. The Morgan fingerprint density at radius 3 is 2.21 bits per heavy atom. The average Bonchev–Trinajstić information content (AvgIpc) is 2.92. The quantitative estimate of drug-likeness (QED) is 0.532. The zero-order chi connectivity index (χ0) is 25.6. The summed E-state index contributed by atoms with van der Waals surface area (Å²) in [4.78, 5) is 14.2. The maximum absolute atomic E-state index is 14.0. The summed E-state index contributed by atoms with van der Waals surface area (Å²) in [7, 11) is 9.88. The molecule has 1 amide bonds. The predicted molar refractivity (Wildman–Crippen MR) is 135 cm³/mol. The number of ether oxygens (including phenoxy) is 1. The third-order valence-electron chi connectivity index (χ3n) is 7.74. The van der Waals surface area contributed by atoms with Gasteiger partial charge in [-0.15, -0.1) is 0 Å². The lowest BCUT2D eigenvalue weighted by molar-refractivity contribution is -0.969. The molecule has 0 bridgehead atoms. The van der Waals surface area contributed by atoms with E-state index in [1.807, 2.05) is 35.2 Å². The Kier molecular flexibility index (Phi) is 7.53. The molecule has 0 aromatic heterocycles. The second-order valence-electron chi connectivity index (χ2n) is 11.8. The number of benzene rings is 1. The Labute approximate surface area is 201 Å². The van der Waals surface area contributed by atoms with Crippen LogP contribution in [0, 0.1) is 5.92 Å². The van der Waals surface area contributed by atoms with E-state index in [1.165, 1.54) is 7.11 Å². The lowest BCUT2D eigenvalue weighted by atomic mass is 9.92. The molecule has 0 N–H and O–H groups in total. The van der Waals surface area contributed by atoms with E-state index in [4.69, 9.17) is 4.74 Å². The summed E-state index contributed by atoms with van der Waals surface area (Å²) in [5.74, 6) is 0.855. The van der Waals surface area contributed by atoms with Crippen LogP contribution in [-0.4, -0.2) is 104 Å². The number of carbonyl (C=O) groups is 1. The van der Waals surface area contributed by atoms with Gasteiger partial charge >= 0.3 is 5.91 Å². The maximum atomic E-state index is 14.0. The first-order chi connectivity index (χ1) is 14.9. The van der Waals surface area contributed by atoms with Gasteiger partial charge in [0, 0.05) is 18.4 Å². The third kappa shape index (κ3) is 5.14. The standard InChI is InChI=1S/C25H46N3O4S/c1-12-28(10)17-19(3)16-25(28,4)18-27(8,9)24(29)20-14-23(33(30,31)13-2)21(26(5,6)7)15-22(20)32-11/h14-15,19H,12-13,16-18H2,1-11H3/q+3. The zero-order valence-electron chi connectivity index (χ0n) is 22.7. The van der Waals surface area contributed by atoms with Crippen molar-refractivity contribution >= 4 is 21.4 Å². The van der Waals surface area contributed by atoms with Crippen LogP contribution >= 0.6 is 0 Å². The molecule has 0 saturated carbocycles. The van der Waals surface area contributed by atoms with Gasteiger partial charge in [-0.1, -0.05) is 13.8 Å². The number of hydrogen-bond acceptors (Lipinski definition) is 4. The van der Waals surface area contributed by atoms with Crippen molar-refractivity contribution in [1.29, 1.82) is 0 Å². The summed E-state index contributed by atoms with van der Waals surface area (Å²) < 4.78 is 33.0. The molecule has 2 rings (SSSR count). The minimum absolute atomic E-state index is 0.0273. The number of amides is 1. The summed E-state index contributed by atoms with van der Waals surface area (Å²) in [5.41, 5.74) is 0.885. The lowest BCUT2D eigenvalue weighted by Crippen LogP contribution is -2.65. The summed E-state index contributed by atoms with van der Waals surface area (Å²) >= 11 is 0. The Morgan fingerprint density at radius 1 is 1.18 bits per heavy atom. The van der Waals surface area contributed by atoms with Gasteiger partial charge in [-0.25, -0.2) is 13.2 Å². The van der Waals surface area contributed by atoms with E-state index in [-0.39, 0.29) is 26.6 Å². The van der Waals surface area contributed by atoms with Gasteiger partial charge < -0.3 is 9.22 Å². The minimum atomic E-state index is -3.54. The smallest absolute Gasteiger partial charge is 0.349 e. The highest BCUT2D eigenvalue weighted by molar-refractivity contribution is 7.91. The first kappa shape index (κ1) is 27.8. The van der Waals surface area contributed by atoms with Gasteiger partial charge in [0.25, 0.3) is 0 Å². The largest absolute Gasteiger partial charge is 0.496 e. The van der Waals surface area contributed by atoms with Crippen molar-refractivity contribution < 1.29 is 26.9 Å². The molecule has 0 aliphatic carbocycles. The summed E-state index contributed by atoms with van der Waals surface area (Å²) in [6, 6.07) is 3.27. The number of carbonyl (C=O) groups excluding carboxylic acids is 1. The van der Waals surface area contributed by atoms with Gasteiger partial charge in [-0.05, 0) is 19.9 Å². The molecule has 188 valence electrons. The first-order valence-electron chi connectivity index (χ1n) is 11.9. The second kappa shape index (κ2) is 8.95. The molecule has 0 spiro atoms. The van der Waals surface area contributed by atoms with Crippen molar-refractivity contribution in [2.24, 2.45) is 5.92 Å². The molecular formula is C25H46N3O4S+3. The van der Waals surface area contributed by atoms with Crippen molar-refractivity contribution in [2.45, 2.75) is 44.6 Å². The monoisotopic (exact) mass is 484 g/mol. The summed E-state index contributed by atoms with van der Waals surface area (Å²) in [5, 5.41) is 0. The number of hydrogen-bond donors (Lipinski definition) is 0. The number of likely N-dealkylation sites (tertiary alicyclic amines) is 1. The summed E-state index contributed by atoms with van der Waals surface area (Å²) in [6.45, 7) is 11.2. The molecule has 1 fully saturated rings. The van der Waals surface area contributed by atoms with Gasteiger partial charge in [0.1, 0.15) is 28.3 Å². The number of likely N-dealkylation sites (N-methyl/N-ethyl adjacent to an activating group) is 2. The molecule has 1 aromatic rings. The van der Waals surface area contributed by atoms with Crippen molar-refractivity contribution in [3.63, 3.8) is 0 Å². The van der Waals surface area contributed by atoms with Crippen LogP contribution in [0.2, 0.25) is 0 Å².